The Morgan fingerprint density at radius 3 is 2.89 bits per heavy atom. The van der Waals surface area contributed by atoms with Gasteiger partial charge in [-0.1, -0.05) is 11.3 Å². The van der Waals surface area contributed by atoms with Crippen LogP contribution in [0.3, 0.4) is 0 Å². The minimum absolute atomic E-state index is 0.00878. The van der Waals surface area contributed by atoms with E-state index in [4.69, 9.17) is 5.73 Å². The van der Waals surface area contributed by atoms with E-state index >= 15 is 0 Å². The predicted octanol–water partition coefficient (Wildman–Crippen LogP) is 0.432. The van der Waals surface area contributed by atoms with Gasteiger partial charge in [0, 0.05) is 24.3 Å². The van der Waals surface area contributed by atoms with Crippen molar-refractivity contribution in [1.82, 2.24) is 19.9 Å². The van der Waals surface area contributed by atoms with Gasteiger partial charge in [0.1, 0.15) is 5.75 Å². The van der Waals surface area contributed by atoms with Crippen LogP contribution in [0.25, 0.3) is 0 Å². The van der Waals surface area contributed by atoms with E-state index in [1.54, 1.807) is 35.1 Å². The van der Waals surface area contributed by atoms with Crippen molar-refractivity contribution in [1.29, 1.82) is 0 Å². The molecule has 4 N–H and O–H groups in total. The topological polar surface area (TPSA) is 126 Å². The predicted molar refractivity (Wildman–Crippen MR) is 96.9 cm³/mol. The molecule has 0 aliphatic carbocycles. The Balaban J connectivity index is 1.39. The zero-order chi connectivity index (χ0) is 19.0. The highest BCUT2D eigenvalue weighted by molar-refractivity contribution is 5.93. The molecule has 27 heavy (non-hydrogen) atoms. The van der Waals surface area contributed by atoms with Crippen molar-refractivity contribution in [2.75, 3.05) is 18.4 Å². The van der Waals surface area contributed by atoms with Crippen LogP contribution in [0, 0.1) is 11.8 Å². The zero-order valence-electron chi connectivity index (χ0n) is 14.8. The first kappa shape index (κ1) is 17.5. The van der Waals surface area contributed by atoms with Crippen LogP contribution in [-0.2, 0) is 11.3 Å². The number of aromatic nitrogens is 3. The summed E-state index contributed by atoms with van der Waals surface area (Å²) >= 11 is 0. The van der Waals surface area contributed by atoms with Crippen LogP contribution in [-0.4, -0.2) is 55.9 Å². The lowest BCUT2D eigenvalue weighted by molar-refractivity contribution is -0.127. The highest BCUT2D eigenvalue weighted by Crippen LogP contribution is 2.37. The molecule has 0 radical (unpaired) electrons. The molecular weight excluding hydrogens is 348 g/mol. The molecule has 3 saturated heterocycles. The molecule has 3 aliphatic heterocycles. The SMILES string of the molecule is NC(=O)c1cn(C[C@H]2CC3CCN2C[C@@H]3C(=O)Nc2cccc(O)c2)nn1. The van der Waals surface area contributed by atoms with E-state index in [1.165, 1.54) is 0 Å². The summed E-state index contributed by atoms with van der Waals surface area (Å²) in [5.74, 6) is -0.239. The molecule has 1 aromatic carbocycles. The summed E-state index contributed by atoms with van der Waals surface area (Å²) in [6.07, 6.45) is 3.44. The van der Waals surface area contributed by atoms with Gasteiger partial charge in [-0.05, 0) is 37.4 Å². The average Bonchev–Trinajstić information content (AvgIpc) is 3.11. The smallest absolute Gasteiger partial charge is 0.270 e. The number of nitrogens with zero attached hydrogens (tertiary/aromatic N) is 4. The molecule has 0 saturated carbocycles. The first-order valence-corrected chi connectivity index (χ1v) is 9.03. The first-order valence-electron chi connectivity index (χ1n) is 9.03. The van der Waals surface area contributed by atoms with Crippen molar-refractivity contribution in [3.05, 3.63) is 36.2 Å². The molecule has 2 unspecified atom stereocenters. The second kappa shape index (κ2) is 6.99. The van der Waals surface area contributed by atoms with Gasteiger partial charge in [0.05, 0.1) is 18.7 Å². The number of hydrogen-bond donors (Lipinski definition) is 3. The molecule has 9 heteroatoms. The number of fused-ring (bicyclic) bond motifs is 3. The van der Waals surface area contributed by atoms with E-state index in [0.717, 1.165) is 19.4 Å². The second-order valence-corrected chi connectivity index (χ2v) is 7.27. The number of carbonyl (C=O) groups is 2. The molecule has 3 aliphatic rings. The highest BCUT2D eigenvalue weighted by atomic mass is 16.3. The number of nitrogens with two attached hydrogens (primary N) is 1. The van der Waals surface area contributed by atoms with Gasteiger partial charge in [0.2, 0.25) is 5.91 Å². The summed E-state index contributed by atoms with van der Waals surface area (Å²) in [7, 11) is 0. The number of benzene rings is 1. The number of nitrogens with one attached hydrogen (secondary N) is 1. The number of phenols is 1. The Morgan fingerprint density at radius 1 is 1.37 bits per heavy atom. The van der Waals surface area contributed by atoms with E-state index in [2.05, 4.69) is 20.5 Å². The Kier molecular flexibility index (Phi) is 4.53. The monoisotopic (exact) mass is 370 g/mol. The minimum Gasteiger partial charge on any atom is -0.508 e. The fourth-order valence-electron chi connectivity index (χ4n) is 4.16. The Labute approximate surface area is 156 Å². The quantitative estimate of drug-likeness (QED) is 0.701. The molecule has 4 atom stereocenters. The van der Waals surface area contributed by atoms with E-state index in [-0.39, 0.29) is 29.3 Å². The third kappa shape index (κ3) is 3.63. The molecule has 3 fully saturated rings. The number of phenolic OH excluding ortho intramolecular Hbond substituents is 1. The molecule has 2 amide bonds. The fraction of sp³-hybridized carbons (Fsp3) is 0.444. The molecular formula is C18H22N6O3. The van der Waals surface area contributed by atoms with Crippen molar-refractivity contribution < 1.29 is 14.7 Å². The molecule has 9 nitrogen and oxygen atoms in total. The van der Waals surface area contributed by atoms with E-state index in [1.807, 2.05) is 0 Å². The molecule has 5 rings (SSSR count). The van der Waals surface area contributed by atoms with Gasteiger partial charge in [-0.25, -0.2) is 0 Å². The van der Waals surface area contributed by atoms with Crippen LogP contribution >= 0.6 is 0 Å². The normalized spacial score (nSPS) is 26.7. The maximum absolute atomic E-state index is 12.7. The number of piperidine rings is 3. The van der Waals surface area contributed by atoms with E-state index in [9.17, 15) is 14.7 Å². The third-order valence-corrected chi connectivity index (χ3v) is 5.52. The van der Waals surface area contributed by atoms with Crippen LogP contribution < -0.4 is 11.1 Å². The number of rotatable bonds is 5. The fourth-order valence-corrected chi connectivity index (χ4v) is 4.16. The second-order valence-electron chi connectivity index (χ2n) is 7.27. The third-order valence-electron chi connectivity index (χ3n) is 5.52. The number of primary amides is 1. The number of aromatic hydroxyl groups is 1. The average molecular weight is 370 g/mol. The summed E-state index contributed by atoms with van der Waals surface area (Å²) in [5.41, 5.74) is 5.99. The van der Waals surface area contributed by atoms with Crippen LogP contribution in [0.4, 0.5) is 5.69 Å². The Morgan fingerprint density at radius 2 is 2.22 bits per heavy atom. The number of carbonyl (C=O) groups excluding carboxylic acids is 2. The zero-order valence-corrected chi connectivity index (χ0v) is 14.8. The lowest BCUT2D eigenvalue weighted by Crippen LogP contribution is -2.57. The van der Waals surface area contributed by atoms with Crippen molar-refractivity contribution in [2.45, 2.75) is 25.4 Å². The van der Waals surface area contributed by atoms with Gasteiger partial charge < -0.3 is 16.2 Å². The Bertz CT molecular complexity index is 866. The first-order chi connectivity index (χ1) is 13.0. The number of anilines is 1. The molecule has 4 heterocycles. The maximum Gasteiger partial charge on any atom is 0.270 e. The lowest BCUT2D eigenvalue weighted by Gasteiger charge is -2.49. The highest BCUT2D eigenvalue weighted by Gasteiger charge is 2.43. The summed E-state index contributed by atoms with van der Waals surface area (Å²) in [5, 5.41) is 20.2. The van der Waals surface area contributed by atoms with Crippen molar-refractivity contribution in [2.24, 2.45) is 17.6 Å². The summed E-state index contributed by atoms with van der Waals surface area (Å²) in [6, 6.07) is 6.85. The summed E-state index contributed by atoms with van der Waals surface area (Å²) in [4.78, 5) is 26.2. The van der Waals surface area contributed by atoms with Crippen LogP contribution in [0.5, 0.6) is 5.75 Å². The summed E-state index contributed by atoms with van der Waals surface area (Å²) in [6.45, 7) is 2.26. The molecule has 2 aromatic rings. The van der Waals surface area contributed by atoms with Crippen molar-refractivity contribution in [3.8, 4) is 5.75 Å². The van der Waals surface area contributed by atoms with Crippen LogP contribution in [0.2, 0.25) is 0 Å². The van der Waals surface area contributed by atoms with Crippen LogP contribution in [0.15, 0.2) is 30.5 Å². The lowest BCUT2D eigenvalue weighted by atomic mass is 9.75. The van der Waals surface area contributed by atoms with Crippen molar-refractivity contribution >= 4 is 17.5 Å². The maximum atomic E-state index is 12.7. The van der Waals surface area contributed by atoms with Gasteiger partial charge in [-0.3, -0.25) is 19.2 Å². The largest absolute Gasteiger partial charge is 0.508 e. The molecule has 142 valence electrons. The number of amides is 2. The van der Waals surface area contributed by atoms with Crippen LogP contribution in [0.1, 0.15) is 23.3 Å². The Hall–Kier alpha value is -2.94. The molecule has 0 spiro atoms. The molecule has 2 bridgehead atoms. The van der Waals surface area contributed by atoms with Gasteiger partial charge in [0.15, 0.2) is 5.69 Å². The van der Waals surface area contributed by atoms with E-state index in [0.29, 0.717) is 24.7 Å². The molecule has 1 aromatic heterocycles. The van der Waals surface area contributed by atoms with E-state index < -0.39 is 5.91 Å². The van der Waals surface area contributed by atoms with Gasteiger partial charge >= 0.3 is 0 Å². The minimum atomic E-state index is -0.588. The summed E-state index contributed by atoms with van der Waals surface area (Å²) < 4.78 is 1.65. The van der Waals surface area contributed by atoms with Gasteiger partial charge in [-0.15, -0.1) is 5.10 Å². The van der Waals surface area contributed by atoms with Gasteiger partial charge in [-0.2, -0.15) is 0 Å². The number of hydrogen-bond acceptors (Lipinski definition) is 6. The van der Waals surface area contributed by atoms with Gasteiger partial charge in [0.25, 0.3) is 5.91 Å². The standard InChI is InChI=1S/C18H22N6O3/c19-17(26)16-10-24(22-21-16)8-13-6-11-4-5-23(13)9-15(11)18(27)20-12-2-1-3-14(25)7-12/h1-3,7,10-11,13,15,25H,4-6,8-9H2,(H2,19,26)(H,20,27)/t11?,13-,15+/m1/s1. The van der Waals surface area contributed by atoms with Crippen molar-refractivity contribution in [3.63, 3.8) is 0 Å².